The van der Waals surface area contributed by atoms with E-state index in [0.29, 0.717) is 5.02 Å². The monoisotopic (exact) mass is 155 g/mol. The highest BCUT2D eigenvalue weighted by atomic mass is 35.5. The molecule has 0 aliphatic rings. The van der Waals surface area contributed by atoms with E-state index in [9.17, 15) is 0 Å². The number of hydrogen-bond acceptors (Lipinski definition) is 1. The Hall–Kier alpha value is -0.890. The molecule has 0 aromatic carbocycles. The van der Waals surface area contributed by atoms with Crippen LogP contribution in [0.25, 0.3) is 11.1 Å². The summed E-state index contributed by atoms with van der Waals surface area (Å²) in [6.07, 6.45) is 1.62. The lowest BCUT2D eigenvalue weighted by atomic mass is 10.4. The Labute approximate surface area is 62.8 Å². The van der Waals surface area contributed by atoms with Crippen molar-refractivity contribution < 1.29 is 4.42 Å². The molecule has 0 aliphatic carbocycles. The zero-order valence-electron chi connectivity index (χ0n) is 5.44. The van der Waals surface area contributed by atoms with Crippen molar-refractivity contribution in [1.29, 1.82) is 0 Å². The number of halogens is 1. The van der Waals surface area contributed by atoms with E-state index in [2.05, 4.69) is 4.98 Å². The number of hydrogen-bond donors (Lipinski definition) is 1. The fourth-order valence-corrected chi connectivity index (χ4v) is 1.20. The molecule has 0 amide bonds. The number of aromatic nitrogens is 1. The van der Waals surface area contributed by atoms with Crippen LogP contribution in [0.1, 0.15) is 5.69 Å². The second-order valence-electron chi connectivity index (χ2n) is 2.23. The average Bonchev–Trinajstić information content (AvgIpc) is 2.41. The van der Waals surface area contributed by atoms with E-state index < -0.39 is 0 Å². The van der Waals surface area contributed by atoms with E-state index in [1.165, 1.54) is 0 Å². The van der Waals surface area contributed by atoms with E-state index in [1.807, 2.05) is 13.0 Å². The van der Waals surface area contributed by atoms with E-state index in [0.717, 1.165) is 16.8 Å². The van der Waals surface area contributed by atoms with Crippen LogP contribution >= 0.6 is 11.6 Å². The van der Waals surface area contributed by atoms with Crippen molar-refractivity contribution in [2.24, 2.45) is 0 Å². The van der Waals surface area contributed by atoms with Gasteiger partial charge >= 0.3 is 0 Å². The van der Waals surface area contributed by atoms with Crippen LogP contribution in [0.2, 0.25) is 5.02 Å². The predicted octanol–water partition coefficient (Wildman–Crippen LogP) is 2.72. The molecule has 0 saturated carbocycles. The predicted molar refractivity (Wildman–Crippen MR) is 40.3 cm³/mol. The smallest absolute Gasteiger partial charge is 0.170 e. The van der Waals surface area contributed by atoms with Gasteiger partial charge in [0.05, 0.1) is 11.8 Å². The summed E-state index contributed by atoms with van der Waals surface area (Å²) in [5.41, 5.74) is 2.66. The molecular formula is C7H6ClNO. The van der Waals surface area contributed by atoms with Crippen molar-refractivity contribution >= 4 is 22.7 Å². The van der Waals surface area contributed by atoms with Gasteiger partial charge in [0, 0.05) is 11.8 Å². The molecule has 3 heteroatoms. The molecule has 2 heterocycles. The van der Waals surface area contributed by atoms with Gasteiger partial charge in [-0.25, -0.2) is 0 Å². The molecule has 1 N–H and O–H groups in total. The summed E-state index contributed by atoms with van der Waals surface area (Å²) < 4.78 is 5.11. The number of aryl methyl sites for hydroxylation is 1. The Morgan fingerprint density at radius 3 is 3.10 bits per heavy atom. The minimum atomic E-state index is 0.681. The van der Waals surface area contributed by atoms with Gasteiger partial charge in [0.15, 0.2) is 5.58 Å². The molecule has 2 rings (SSSR count). The van der Waals surface area contributed by atoms with Gasteiger partial charge in [-0.3, -0.25) is 0 Å². The van der Waals surface area contributed by atoms with E-state index in [4.69, 9.17) is 16.0 Å². The largest absolute Gasteiger partial charge is 0.461 e. The maximum atomic E-state index is 5.86. The number of H-pyrrole nitrogens is 1. The Bertz CT molecular complexity index is 360. The molecular weight excluding hydrogens is 150 g/mol. The first kappa shape index (κ1) is 5.86. The fraction of sp³-hybridized carbons (Fsp3) is 0.143. The summed E-state index contributed by atoms with van der Waals surface area (Å²) in [6.45, 7) is 1.91. The molecule has 0 atom stereocenters. The Kier molecular flexibility index (Phi) is 1.05. The van der Waals surface area contributed by atoms with Crippen molar-refractivity contribution in [3.05, 3.63) is 23.0 Å². The number of nitrogens with one attached hydrogen (secondary N) is 1. The third-order valence-corrected chi connectivity index (χ3v) is 1.97. The van der Waals surface area contributed by atoms with Crippen molar-refractivity contribution in [3.63, 3.8) is 0 Å². The Morgan fingerprint density at radius 1 is 1.60 bits per heavy atom. The van der Waals surface area contributed by atoms with Gasteiger partial charge < -0.3 is 9.40 Å². The van der Waals surface area contributed by atoms with Crippen LogP contribution in [-0.4, -0.2) is 4.98 Å². The van der Waals surface area contributed by atoms with Gasteiger partial charge in [-0.2, -0.15) is 0 Å². The number of furan rings is 1. The highest BCUT2D eigenvalue weighted by molar-refractivity contribution is 6.35. The highest BCUT2D eigenvalue weighted by Gasteiger charge is 2.06. The van der Waals surface area contributed by atoms with Crippen molar-refractivity contribution in [2.75, 3.05) is 0 Å². The minimum absolute atomic E-state index is 0.681. The highest BCUT2D eigenvalue weighted by Crippen LogP contribution is 2.26. The third kappa shape index (κ3) is 0.596. The molecule has 0 unspecified atom stereocenters. The van der Waals surface area contributed by atoms with Gasteiger partial charge in [0.2, 0.25) is 0 Å². The summed E-state index contributed by atoms with van der Waals surface area (Å²) in [4.78, 5) is 3.08. The Balaban J connectivity index is 2.95. The number of aromatic amines is 1. The Morgan fingerprint density at radius 2 is 2.40 bits per heavy atom. The van der Waals surface area contributed by atoms with E-state index in [1.54, 1.807) is 6.26 Å². The van der Waals surface area contributed by atoms with Crippen LogP contribution in [0.4, 0.5) is 0 Å². The summed E-state index contributed by atoms with van der Waals surface area (Å²) in [5, 5.41) is 0.681. The standard InChI is InChI=1S/C7H6ClNO/c1-4-6(8)7-5(9-4)2-3-10-7/h2-3,9H,1H3. The lowest BCUT2D eigenvalue weighted by molar-refractivity contribution is 0.616. The zero-order valence-corrected chi connectivity index (χ0v) is 6.20. The van der Waals surface area contributed by atoms with Crippen LogP contribution in [0.5, 0.6) is 0 Å². The van der Waals surface area contributed by atoms with Gasteiger partial charge in [-0.05, 0) is 6.92 Å². The van der Waals surface area contributed by atoms with Gasteiger partial charge in [0.25, 0.3) is 0 Å². The summed E-state index contributed by atoms with van der Waals surface area (Å²) in [6, 6.07) is 1.86. The molecule has 0 spiro atoms. The molecule has 2 aromatic rings. The molecule has 0 aliphatic heterocycles. The quantitative estimate of drug-likeness (QED) is 0.623. The maximum Gasteiger partial charge on any atom is 0.170 e. The van der Waals surface area contributed by atoms with Crippen LogP contribution in [0, 0.1) is 6.92 Å². The normalized spacial score (nSPS) is 11.0. The van der Waals surface area contributed by atoms with Crippen LogP contribution in [0.3, 0.4) is 0 Å². The molecule has 0 radical (unpaired) electrons. The van der Waals surface area contributed by atoms with Crippen LogP contribution in [0.15, 0.2) is 16.7 Å². The number of fused-ring (bicyclic) bond motifs is 1. The van der Waals surface area contributed by atoms with Crippen LogP contribution < -0.4 is 0 Å². The second kappa shape index (κ2) is 1.80. The first-order valence-corrected chi connectivity index (χ1v) is 3.38. The summed E-state index contributed by atoms with van der Waals surface area (Å²) in [5.74, 6) is 0. The van der Waals surface area contributed by atoms with Crippen molar-refractivity contribution in [1.82, 2.24) is 4.98 Å². The molecule has 10 heavy (non-hydrogen) atoms. The molecule has 52 valence electrons. The lowest BCUT2D eigenvalue weighted by Gasteiger charge is -1.81. The first-order chi connectivity index (χ1) is 4.79. The first-order valence-electron chi connectivity index (χ1n) is 3.00. The van der Waals surface area contributed by atoms with E-state index >= 15 is 0 Å². The molecule has 0 fully saturated rings. The van der Waals surface area contributed by atoms with Gasteiger partial charge in [0.1, 0.15) is 5.02 Å². The number of rotatable bonds is 0. The molecule has 0 saturated heterocycles. The summed E-state index contributed by atoms with van der Waals surface area (Å²) >= 11 is 5.86. The van der Waals surface area contributed by atoms with Crippen molar-refractivity contribution in [2.45, 2.75) is 6.92 Å². The average molecular weight is 156 g/mol. The topological polar surface area (TPSA) is 28.9 Å². The van der Waals surface area contributed by atoms with Gasteiger partial charge in [-0.15, -0.1) is 0 Å². The fourth-order valence-electron chi connectivity index (χ4n) is 1.00. The molecule has 2 aromatic heterocycles. The SMILES string of the molecule is Cc1[nH]c2ccoc2c1Cl. The van der Waals surface area contributed by atoms with E-state index in [-0.39, 0.29) is 0 Å². The van der Waals surface area contributed by atoms with Gasteiger partial charge in [-0.1, -0.05) is 11.6 Å². The lowest BCUT2D eigenvalue weighted by Crippen LogP contribution is -1.66. The molecule has 2 nitrogen and oxygen atoms in total. The minimum Gasteiger partial charge on any atom is -0.461 e. The third-order valence-electron chi connectivity index (χ3n) is 1.52. The summed E-state index contributed by atoms with van der Waals surface area (Å²) in [7, 11) is 0. The zero-order chi connectivity index (χ0) is 7.14. The second-order valence-corrected chi connectivity index (χ2v) is 2.61. The molecule has 0 bridgehead atoms. The maximum absolute atomic E-state index is 5.86. The van der Waals surface area contributed by atoms with Crippen molar-refractivity contribution in [3.8, 4) is 0 Å². The van der Waals surface area contributed by atoms with Crippen LogP contribution in [-0.2, 0) is 0 Å².